The summed E-state index contributed by atoms with van der Waals surface area (Å²) in [5.74, 6) is -0.237. The molecule has 4 aromatic rings. The molecule has 38 heavy (non-hydrogen) atoms. The predicted octanol–water partition coefficient (Wildman–Crippen LogP) is 5.74. The van der Waals surface area contributed by atoms with Crippen molar-refractivity contribution in [2.45, 2.75) is 39.5 Å². The molecule has 1 aromatic heterocycles. The number of hydrogen-bond acceptors (Lipinski definition) is 4. The molecule has 6 nitrogen and oxygen atoms in total. The van der Waals surface area contributed by atoms with Crippen LogP contribution in [0.25, 0.3) is 11.1 Å². The standard InChI is InChI=1S/C30H27ClFN3O3/c1-19(2)34-13-14-35-26(16-22-11-12-23(31)17-25(22)21-9-6-10-24(32)15-21)33-29(36)28(27(35)30(34)37)38-18-20-7-4-3-5-8-20/h3-12,15,17,19H,13-14,16,18H2,1-2H3. The van der Waals surface area contributed by atoms with Gasteiger partial charge in [0.25, 0.3) is 5.91 Å². The van der Waals surface area contributed by atoms with Crippen molar-refractivity contribution in [2.24, 2.45) is 0 Å². The molecular formula is C30H27ClFN3O3. The minimum absolute atomic E-state index is 0.0409. The maximum Gasteiger partial charge on any atom is 0.316 e. The Morgan fingerprint density at radius 3 is 2.53 bits per heavy atom. The van der Waals surface area contributed by atoms with E-state index in [-0.39, 0.29) is 42.2 Å². The molecule has 0 unspecified atom stereocenters. The zero-order valence-corrected chi connectivity index (χ0v) is 21.9. The smallest absolute Gasteiger partial charge is 0.316 e. The molecule has 0 saturated carbocycles. The molecular weight excluding hydrogens is 505 g/mol. The minimum atomic E-state index is -0.595. The fourth-order valence-corrected chi connectivity index (χ4v) is 4.94. The second-order valence-corrected chi connectivity index (χ2v) is 9.95. The molecule has 1 aliphatic heterocycles. The summed E-state index contributed by atoms with van der Waals surface area (Å²) < 4.78 is 21.8. The summed E-state index contributed by atoms with van der Waals surface area (Å²) in [5.41, 5.74) is 2.68. The van der Waals surface area contributed by atoms with E-state index in [1.807, 2.05) is 50.2 Å². The van der Waals surface area contributed by atoms with Crippen LogP contribution in [0.5, 0.6) is 5.75 Å². The molecule has 2 heterocycles. The SMILES string of the molecule is CC(C)N1CCn2c(Cc3ccc(Cl)cc3-c3cccc(F)c3)nc(=O)c(OCc3ccccc3)c2C1=O. The van der Waals surface area contributed by atoms with Crippen molar-refractivity contribution < 1.29 is 13.9 Å². The summed E-state index contributed by atoms with van der Waals surface area (Å²) in [7, 11) is 0. The Morgan fingerprint density at radius 1 is 1.00 bits per heavy atom. The van der Waals surface area contributed by atoms with Crippen molar-refractivity contribution in [1.82, 2.24) is 14.5 Å². The van der Waals surface area contributed by atoms with Crippen LogP contribution in [0, 0.1) is 5.82 Å². The average molecular weight is 532 g/mol. The van der Waals surface area contributed by atoms with Gasteiger partial charge in [-0.15, -0.1) is 0 Å². The Kier molecular flexibility index (Phi) is 7.29. The van der Waals surface area contributed by atoms with Gasteiger partial charge in [0, 0.05) is 30.6 Å². The van der Waals surface area contributed by atoms with E-state index in [4.69, 9.17) is 16.3 Å². The van der Waals surface area contributed by atoms with Gasteiger partial charge < -0.3 is 14.2 Å². The highest BCUT2D eigenvalue weighted by Crippen LogP contribution is 2.30. The van der Waals surface area contributed by atoms with Crippen molar-refractivity contribution >= 4 is 17.5 Å². The normalized spacial score (nSPS) is 13.1. The summed E-state index contributed by atoms with van der Waals surface area (Å²) in [5, 5.41) is 0.507. The van der Waals surface area contributed by atoms with Crippen molar-refractivity contribution in [3.63, 3.8) is 0 Å². The molecule has 0 saturated heterocycles. The summed E-state index contributed by atoms with van der Waals surface area (Å²) in [6.45, 7) is 4.97. The third-order valence-corrected chi connectivity index (χ3v) is 6.89. The van der Waals surface area contributed by atoms with E-state index in [0.717, 1.165) is 16.7 Å². The molecule has 0 spiro atoms. The number of nitrogens with zero attached hydrogens (tertiary/aromatic N) is 3. The van der Waals surface area contributed by atoms with Crippen molar-refractivity contribution in [3.8, 4) is 16.9 Å². The molecule has 0 aliphatic carbocycles. The quantitative estimate of drug-likeness (QED) is 0.305. The van der Waals surface area contributed by atoms with Gasteiger partial charge in [-0.05, 0) is 60.4 Å². The Balaban J connectivity index is 1.59. The number of halogens is 2. The summed E-state index contributed by atoms with van der Waals surface area (Å²) >= 11 is 6.29. The number of aromatic nitrogens is 2. The van der Waals surface area contributed by atoms with Gasteiger partial charge in [-0.25, -0.2) is 4.39 Å². The van der Waals surface area contributed by atoms with Crippen LogP contribution in [0.4, 0.5) is 4.39 Å². The van der Waals surface area contributed by atoms with Crippen molar-refractivity contribution in [3.05, 3.63) is 117 Å². The van der Waals surface area contributed by atoms with Crippen LogP contribution in [-0.4, -0.2) is 32.9 Å². The molecule has 0 N–H and O–H groups in total. The topological polar surface area (TPSA) is 64.4 Å². The number of benzene rings is 3. The molecule has 194 valence electrons. The lowest BCUT2D eigenvalue weighted by Crippen LogP contribution is -2.46. The number of carbonyl (C=O) groups excluding carboxylic acids is 1. The van der Waals surface area contributed by atoms with E-state index in [1.54, 1.807) is 33.7 Å². The first kappa shape index (κ1) is 25.7. The average Bonchev–Trinajstić information content (AvgIpc) is 2.90. The highest BCUT2D eigenvalue weighted by Gasteiger charge is 2.33. The highest BCUT2D eigenvalue weighted by atomic mass is 35.5. The van der Waals surface area contributed by atoms with Crippen molar-refractivity contribution in [1.29, 1.82) is 0 Å². The molecule has 0 radical (unpaired) electrons. The van der Waals surface area contributed by atoms with Gasteiger partial charge in [0.05, 0.1) is 0 Å². The first-order chi connectivity index (χ1) is 18.3. The number of ether oxygens (including phenoxy) is 1. The lowest BCUT2D eigenvalue weighted by Gasteiger charge is -2.34. The van der Waals surface area contributed by atoms with Gasteiger partial charge >= 0.3 is 5.56 Å². The summed E-state index contributed by atoms with van der Waals surface area (Å²) in [6, 6.07) is 21.0. The Labute approximate surface area is 225 Å². The molecule has 0 bridgehead atoms. The van der Waals surface area contributed by atoms with Crippen LogP contribution in [-0.2, 0) is 19.6 Å². The van der Waals surface area contributed by atoms with Gasteiger partial charge in [-0.3, -0.25) is 9.59 Å². The monoisotopic (exact) mass is 531 g/mol. The predicted molar refractivity (Wildman–Crippen MR) is 145 cm³/mol. The van der Waals surface area contributed by atoms with Crippen LogP contribution < -0.4 is 10.3 Å². The second-order valence-electron chi connectivity index (χ2n) is 9.52. The first-order valence-electron chi connectivity index (χ1n) is 12.5. The number of fused-ring (bicyclic) bond motifs is 1. The van der Waals surface area contributed by atoms with Gasteiger partial charge in [0.2, 0.25) is 5.75 Å². The van der Waals surface area contributed by atoms with Gasteiger partial charge in [-0.2, -0.15) is 4.98 Å². The summed E-state index contributed by atoms with van der Waals surface area (Å²) in [6.07, 6.45) is 0.249. The second kappa shape index (κ2) is 10.8. The fraction of sp³-hybridized carbons (Fsp3) is 0.233. The number of hydrogen-bond donors (Lipinski definition) is 0. The zero-order chi connectivity index (χ0) is 26.8. The van der Waals surface area contributed by atoms with Gasteiger partial charge in [-0.1, -0.05) is 60.1 Å². The first-order valence-corrected chi connectivity index (χ1v) is 12.9. The molecule has 1 amide bonds. The molecule has 0 atom stereocenters. The lowest BCUT2D eigenvalue weighted by atomic mass is 9.97. The number of carbonyl (C=O) groups is 1. The molecule has 3 aromatic carbocycles. The van der Waals surface area contributed by atoms with E-state index in [0.29, 0.717) is 29.5 Å². The third kappa shape index (κ3) is 5.20. The van der Waals surface area contributed by atoms with Crippen molar-refractivity contribution in [2.75, 3.05) is 6.54 Å². The maximum atomic E-state index is 14.0. The maximum absolute atomic E-state index is 14.0. The zero-order valence-electron chi connectivity index (χ0n) is 21.2. The van der Waals surface area contributed by atoms with Crippen LogP contribution in [0.3, 0.4) is 0 Å². The molecule has 5 rings (SSSR count). The third-order valence-electron chi connectivity index (χ3n) is 6.65. The largest absolute Gasteiger partial charge is 0.481 e. The van der Waals surface area contributed by atoms with E-state index < -0.39 is 5.56 Å². The van der Waals surface area contributed by atoms with Gasteiger partial charge in [0.15, 0.2) is 5.69 Å². The molecule has 1 aliphatic rings. The van der Waals surface area contributed by atoms with E-state index in [2.05, 4.69) is 4.98 Å². The minimum Gasteiger partial charge on any atom is -0.481 e. The van der Waals surface area contributed by atoms with Crippen LogP contribution in [0.15, 0.2) is 77.6 Å². The lowest BCUT2D eigenvalue weighted by molar-refractivity contribution is 0.0634. The highest BCUT2D eigenvalue weighted by molar-refractivity contribution is 6.30. The number of amides is 1. The van der Waals surface area contributed by atoms with E-state index >= 15 is 0 Å². The van der Waals surface area contributed by atoms with Gasteiger partial charge in [0.1, 0.15) is 18.2 Å². The van der Waals surface area contributed by atoms with Crippen LogP contribution >= 0.6 is 11.6 Å². The Morgan fingerprint density at radius 2 is 1.79 bits per heavy atom. The molecule has 8 heteroatoms. The molecule has 0 fully saturated rings. The number of rotatable bonds is 7. The Hall–Kier alpha value is -3.97. The van der Waals surface area contributed by atoms with E-state index in [1.165, 1.54) is 12.1 Å². The fourth-order valence-electron chi connectivity index (χ4n) is 4.77. The van der Waals surface area contributed by atoms with E-state index in [9.17, 15) is 14.0 Å². The summed E-state index contributed by atoms with van der Waals surface area (Å²) in [4.78, 5) is 33.0. The Bertz CT molecular complexity index is 1550. The van der Waals surface area contributed by atoms with Crippen LogP contribution in [0.1, 0.15) is 41.3 Å². The van der Waals surface area contributed by atoms with Crippen LogP contribution in [0.2, 0.25) is 5.02 Å².